The van der Waals surface area contributed by atoms with Crippen molar-refractivity contribution in [2.24, 2.45) is 0 Å². The van der Waals surface area contributed by atoms with Crippen molar-refractivity contribution in [1.29, 1.82) is 0 Å². The second-order valence-corrected chi connectivity index (χ2v) is 9.54. The minimum absolute atomic E-state index is 0.132. The first-order chi connectivity index (χ1) is 15.9. The molecule has 8 nitrogen and oxygen atoms in total. The van der Waals surface area contributed by atoms with E-state index in [9.17, 15) is 19.2 Å². The maximum absolute atomic E-state index is 12.8. The van der Waals surface area contributed by atoms with Gasteiger partial charge in [0.05, 0.1) is 29.3 Å². The monoisotopic (exact) mass is 468 g/mol. The van der Waals surface area contributed by atoms with Crippen molar-refractivity contribution in [3.63, 3.8) is 0 Å². The van der Waals surface area contributed by atoms with Gasteiger partial charge in [-0.25, -0.2) is 4.79 Å². The van der Waals surface area contributed by atoms with E-state index in [2.05, 4.69) is 0 Å². The third kappa shape index (κ3) is 4.06. The molecule has 0 spiro atoms. The van der Waals surface area contributed by atoms with Gasteiger partial charge in [-0.3, -0.25) is 19.3 Å². The Bertz CT molecular complexity index is 1140. The molecule has 1 fully saturated rings. The van der Waals surface area contributed by atoms with E-state index in [1.54, 1.807) is 23.2 Å². The van der Waals surface area contributed by atoms with Gasteiger partial charge in [-0.15, -0.1) is 11.3 Å². The number of imide groups is 1. The number of carbonyl (C=O) groups excluding carboxylic acids is 4. The van der Waals surface area contributed by atoms with Crippen molar-refractivity contribution >= 4 is 35.0 Å². The van der Waals surface area contributed by atoms with Gasteiger partial charge >= 0.3 is 5.97 Å². The first-order valence-corrected chi connectivity index (χ1v) is 12.0. The highest BCUT2D eigenvalue weighted by molar-refractivity contribution is 7.10. The van der Waals surface area contributed by atoms with Gasteiger partial charge in [-0.1, -0.05) is 0 Å². The van der Waals surface area contributed by atoms with Crippen molar-refractivity contribution < 1.29 is 28.7 Å². The van der Waals surface area contributed by atoms with E-state index in [4.69, 9.17) is 9.47 Å². The van der Waals surface area contributed by atoms with E-state index < -0.39 is 18.0 Å². The lowest BCUT2D eigenvalue weighted by Gasteiger charge is -2.29. The zero-order valence-electron chi connectivity index (χ0n) is 18.2. The Morgan fingerprint density at radius 1 is 1.21 bits per heavy atom. The van der Waals surface area contributed by atoms with Crippen molar-refractivity contribution in [1.82, 2.24) is 9.80 Å². The summed E-state index contributed by atoms with van der Waals surface area (Å²) in [7, 11) is 0. The Hall–Kier alpha value is -3.04. The lowest BCUT2D eigenvalue weighted by molar-refractivity contribution is -0.140. The van der Waals surface area contributed by atoms with E-state index in [1.807, 2.05) is 11.4 Å². The fourth-order valence-electron chi connectivity index (χ4n) is 4.55. The number of esters is 1. The number of rotatable bonds is 5. The molecule has 1 aromatic heterocycles. The number of nitrogens with zero attached hydrogens (tertiary/aromatic N) is 2. The summed E-state index contributed by atoms with van der Waals surface area (Å²) < 4.78 is 11.0. The number of ether oxygens (including phenoxy) is 2. The molecule has 0 saturated carbocycles. The van der Waals surface area contributed by atoms with Gasteiger partial charge < -0.3 is 14.4 Å². The van der Waals surface area contributed by atoms with E-state index in [0.717, 1.165) is 24.8 Å². The Morgan fingerprint density at radius 2 is 2.03 bits per heavy atom. The molecule has 1 aromatic carbocycles. The van der Waals surface area contributed by atoms with Crippen LogP contribution in [0.15, 0.2) is 29.6 Å². The summed E-state index contributed by atoms with van der Waals surface area (Å²) in [4.78, 5) is 55.2. The number of carbonyl (C=O) groups is 4. The molecule has 0 radical (unpaired) electrons. The molecule has 0 bridgehead atoms. The highest BCUT2D eigenvalue weighted by Crippen LogP contribution is 2.27. The third-order valence-electron chi connectivity index (χ3n) is 6.37. The number of hydrogen-bond donors (Lipinski definition) is 0. The normalized spacial score (nSPS) is 20.6. The first kappa shape index (κ1) is 21.8. The molecule has 0 aliphatic carbocycles. The molecule has 4 heterocycles. The van der Waals surface area contributed by atoms with E-state index in [1.165, 1.54) is 28.0 Å². The van der Waals surface area contributed by atoms with E-state index in [-0.39, 0.29) is 41.2 Å². The van der Waals surface area contributed by atoms with Crippen LogP contribution in [0.5, 0.6) is 0 Å². The third-order valence-corrected chi connectivity index (χ3v) is 7.39. The molecule has 5 rings (SSSR count). The highest BCUT2D eigenvalue weighted by Gasteiger charge is 2.38. The number of amides is 3. The van der Waals surface area contributed by atoms with Gasteiger partial charge in [0.15, 0.2) is 6.10 Å². The van der Waals surface area contributed by atoms with Crippen LogP contribution in [0, 0.1) is 0 Å². The van der Waals surface area contributed by atoms with Crippen LogP contribution in [0.3, 0.4) is 0 Å². The summed E-state index contributed by atoms with van der Waals surface area (Å²) >= 11 is 1.69. The summed E-state index contributed by atoms with van der Waals surface area (Å²) in [5, 5.41) is 2.02. The molecule has 3 aliphatic heterocycles. The molecule has 9 heteroatoms. The fraction of sp³-hybridized carbons (Fsp3) is 0.417. The van der Waals surface area contributed by atoms with E-state index >= 15 is 0 Å². The van der Waals surface area contributed by atoms with Crippen molar-refractivity contribution in [3.8, 4) is 0 Å². The lowest BCUT2D eigenvalue weighted by Crippen LogP contribution is -2.42. The standard InChI is InChI=1S/C24H24N2O6S/c1-14(21(27)25-8-6-20-16(12-25)7-10-33-20)32-24(30)15-4-5-18-19(11-15)23(29)26(22(18)28)13-17-3-2-9-31-17/h4-5,7,10-11,14,17H,2-3,6,8-9,12-13H2,1H3. The Labute approximate surface area is 195 Å². The molecule has 2 atom stereocenters. The molecule has 3 amide bonds. The Morgan fingerprint density at radius 3 is 2.82 bits per heavy atom. The van der Waals surface area contributed by atoms with Gasteiger partial charge in [0.1, 0.15) is 0 Å². The molecule has 2 aromatic rings. The van der Waals surface area contributed by atoms with Crippen LogP contribution in [0.2, 0.25) is 0 Å². The summed E-state index contributed by atoms with van der Waals surface area (Å²) in [6.45, 7) is 3.49. The van der Waals surface area contributed by atoms with Gasteiger partial charge in [0, 0.05) is 24.6 Å². The lowest BCUT2D eigenvalue weighted by atomic mass is 10.1. The van der Waals surface area contributed by atoms with Crippen molar-refractivity contribution in [3.05, 3.63) is 56.8 Å². The maximum Gasteiger partial charge on any atom is 0.338 e. The second-order valence-electron chi connectivity index (χ2n) is 8.54. The molecule has 0 N–H and O–H groups in total. The predicted molar refractivity (Wildman–Crippen MR) is 119 cm³/mol. The molecular weight excluding hydrogens is 444 g/mol. The summed E-state index contributed by atoms with van der Waals surface area (Å²) in [5.41, 5.74) is 1.70. The molecule has 3 aliphatic rings. The summed E-state index contributed by atoms with van der Waals surface area (Å²) in [5.74, 6) is -1.78. The van der Waals surface area contributed by atoms with Crippen LogP contribution in [-0.4, -0.2) is 65.4 Å². The van der Waals surface area contributed by atoms with Gasteiger partial charge in [-0.2, -0.15) is 0 Å². The van der Waals surface area contributed by atoms with Crippen LogP contribution in [0.1, 0.15) is 61.3 Å². The average molecular weight is 469 g/mol. The van der Waals surface area contributed by atoms with E-state index in [0.29, 0.717) is 19.7 Å². The summed E-state index contributed by atoms with van der Waals surface area (Å²) in [6, 6.07) is 6.32. The number of benzene rings is 1. The minimum atomic E-state index is -0.959. The first-order valence-electron chi connectivity index (χ1n) is 11.1. The number of fused-ring (bicyclic) bond motifs is 2. The minimum Gasteiger partial charge on any atom is -0.449 e. The van der Waals surface area contributed by atoms with Gasteiger partial charge in [0.25, 0.3) is 17.7 Å². The van der Waals surface area contributed by atoms with Crippen LogP contribution in [0.4, 0.5) is 0 Å². The van der Waals surface area contributed by atoms with Crippen molar-refractivity contribution in [2.75, 3.05) is 19.7 Å². The second kappa shape index (κ2) is 8.72. The zero-order valence-corrected chi connectivity index (χ0v) is 19.1. The molecule has 33 heavy (non-hydrogen) atoms. The van der Waals surface area contributed by atoms with Crippen LogP contribution in [0.25, 0.3) is 0 Å². The van der Waals surface area contributed by atoms with Crippen molar-refractivity contribution in [2.45, 2.75) is 44.9 Å². The molecule has 2 unspecified atom stereocenters. The largest absolute Gasteiger partial charge is 0.449 e. The smallest absolute Gasteiger partial charge is 0.338 e. The SMILES string of the molecule is CC(OC(=O)c1ccc2c(c1)C(=O)N(CC1CCCO1)C2=O)C(=O)N1CCc2sccc2C1. The molecule has 1 saturated heterocycles. The predicted octanol–water partition coefficient (Wildman–Crippen LogP) is 2.65. The highest BCUT2D eigenvalue weighted by atomic mass is 32.1. The summed E-state index contributed by atoms with van der Waals surface area (Å²) in [6.07, 6.45) is 1.40. The number of hydrogen-bond acceptors (Lipinski definition) is 7. The Balaban J connectivity index is 1.25. The molecular formula is C24H24N2O6S. The average Bonchev–Trinajstić information content (AvgIpc) is 3.55. The topological polar surface area (TPSA) is 93.2 Å². The quantitative estimate of drug-likeness (QED) is 0.495. The van der Waals surface area contributed by atoms with Gasteiger partial charge in [-0.05, 0) is 61.4 Å². The van der Waals surface area contributed by atoms with Crippen LogP contribution in [-0.2, 0) is 27.2 Å². The number of thiophene rings is 1. The van der Waals surface area contributed by atoms with Gasteiger partial charge in [0.2, 0.25) is 0 Å². The zero-order chi connectivity index (χ0) is 23.1. The van der Waals surface area contributed by atoms with Crippen LogP contribution >= 0.6 is 11.3 Å². The Kier molecular flexibility index (Phi) is 5.76. The van der Waals surface area contributed by atoms with Crippen LogP contribution < -0.4 is 0 Å². The maximum atomic E-state index is 12.8. The molecule has 172 valence electrons. The fourth-order valence-corrected chi connectivity index (χ4v) is 5.44.